The predicted molar refractivity (Wildman–Crippen MR) is 80.2 cm³/mol. The molecule has 0 radical (unpaired) electrons. The van der Waals surface area contributed by atoms with Crippen LogP contribution in [0.1, 0.15) is 12.5 Å². The van der Waals surface area contributed by atoms with Gasteiger partial charge < -0.3 is 5.32 Å². The molecular weight excluding hydrogens is 294 g/mol. The second kappa shape index (κ2) is 6.78. The molecule has 0 aliphatic carbocycles. The Morgan fingerprint density at radius 3 is 2.76 bits per heavy atom. The molecule has 0 aliphatic heterocycles. The van der Waals surface area contributed by atoms with Crippen molar-refractivity contribution >= 4 is 22.9 Å². The van der Waals surface area contributed by atoms with Gasteiger partial charge in [0.05, 0.1) is 11.7 Å². The first kappa shape index (κ1) is 15.6. The van der Waals surface area contributed by atoms with Crippen LogP contribution in [0.15, 0.2) is 35.0 Å². The topological polar surface area (TPSA) is 32.3 Å². The highest BCUT2D eigenvalue weighted by molar-refractivity contribution is 7.07. The molecule has 0 spiro atoms. The number of rotatable bonds is 5. The Bertz CT molecular complexity index is 616. The summed E-state index contributed by atoms with van der Waals surface area (Å²) in [7, 11) is 1.82. The molecule has 1 heterocycles. The van der Waals surface area contributed by atoms with E-state index >= 15 is 0 Å². The number of hydrogen-bond donors (Lipinski definition) is 1. The summed E-state index contributed by atoms with van der Waals surface area (Å²) < 4.78 is 26.3. The zero-order valence-corrected chi connectivity index (χ0v) is 12.6. The first-order valence-corrected chi connectivity index (χ1v) is 7.39. The number of hydrogen-bond acceptors (Lipinski definition) is 3. The van der Waals surface area contributed by atoms with E-state index in [0.717, 1.165) is 17.7 Å². The van der Waals surface area contributed by atoms with Crippen LogP contribution in [-0.2, 0) is 11.3 Å². The zero-order chi connectivity index (χ0) is 15.4. The van der Waals surface area contributed by atoms with Crippen molar-refractivity contribution in [3.05, 3.63) is 52.2 Å². The molecule has 1 amide bonds. The SMILES string of the molecule is C[C@H](C(=O)Nc1ccc(F)cc1F)N(C)Cc1ccsc1. The molecular formula is C15H16F2N2OS. The van der Waals surface area contributed by atoms with Gasteiger partial charge in [-0.15, -0.1) is 0 Å². The average molecular weight is 310 g/mol. The standard InChI is InChI=1S/C15H16F2N2OS/c1-10(19(2)8-11-5-6-21-9-11)15(20)18-14-4-3-12(16)7-13(14)17/h3-7,9-10H,8H2,1-2H3,(H,18,20)/t10-/m1/s1. The summed E-state index contributed by atoms with van der Waals surface area (Å²) in [5.74, 6) is -1.79. The highest BCUT2D eigenvalue weighted by atomic mass is 32.1. The smallest absolute Gasteiger partial charge is 0.241 e. The van der Waals surface area contributed by atoms with Crippen molar-refractivity contribution in [2.45, 2.75) is 19.5 Å². The summed E-state index contributed by atoms with van der Waals surface area (Å²) in [5, 5.41) is 6.47. The van der Waals surface area contributed by atoms with Crippen LogP contribution >= 0.6 is 11.3 Å². The third kappa shape index (κ3) is 4.09. The Balaban J connectivity index is 1.98. The fourth-order valence-corrected chi connectivity index (χ4v) is 2.50. The summed E-state index contributed by atoms with van der Waals surface area (Å²) in [6, 6.07) is 4.63. The minimum absolute atomic E-state index is 0.0165. The van der Waals surface area contributed by atoms with Gasteiger partial charge in [0.25, 0.3) is 0 Å². The second-order valence-electron chi connectivity index (χ2n) is 4.84. The molecule has 0 aliphatic rings. The Labute approximate surface area is 126 Å². The van der Waals surface area contributed by atoms with Gasteiger partial charge in [0, 0.05) is 12.6 Å². The third-order valence-electron chi connectivity index (χ3n) is 3.24. The maximum Gasteiger partial charge on any atom is 0.241 e. The van der Waals surface area contributed by atoms with Crippen molar-refractivity contribution in [2.24, 2.45) is 0 Å². The molecule has 0 unspecified atom stereocenters. The van der Waals surface area contributed by atoms with Gasteiger partial charge in [0.2, 0.25) is 5.91 Å². The Kier molecular flexibility index (Phi) is 5.03. The minimum atomic E-state index is -0.781. The van der Waals surface area contributed by atoms with Crippen molar-refractivity contribution in [3.63, 3.8) is 0 Å². The van der Waals surface area contributed by atoms with Gasteiger partial charge in [-0.1, -0.05) is 0 Å². The van der Waals surface area contributed by atoms with Crippen LogP contribution in [0.25, 0.3) is 0 Å². The van der Waals surface area contributed by atoms with E-state index in [1.165, 1.54) is 6.07 Å². The Morgan fingerprint density at radius 1 is 1.38 bits per heavy atom. The predicted octanol–water partition coefficient (Wildman–Crippen LogP) is 3.49. The summed E-state index contributed by atoms with van der Waals surface area (Å²) in [4.78, 5) is 14.0. The van der Waals surface area contributed by atoms with Crippen LogP contribution in [0.5, 0.6) is 0 Å². The maximum absolute atomic E-state index is 13.5. The molecule has 21 heavy (non-hydrogen) atoms. The van der Waals surface area contributed by atoms with Crippen LogP contribution in [0.4, 0.5) is 14.5 Å². The quantitative estimate of drug-likeness (QED) is 0.917. The molecule has 1 N–H and O–H groups in total. The molecule has 2 aromatic rings. The number of benzene rings is 1. The number of thiophene rings is 1. The lowest BCUT2D eigenvalue weighted by molar-refractivity contribution is -0.120. The molecule has 1 aromatic carbocycles. The van der Waals surface area contributed by atoms with E-state index in [9.17, 15) is 13.6 Å². The number of nitrogens with one attached hydrogen (secondary N) is 1. The first-order chi connectivity index (χ1) is 9.97. The molecule has 112 valence electrons. The number of carbonyl (C=O) groups is 1. The Morgan fingerprint density at radius 2 is 2.14 bits per heavy atom. The largest absolute Gasteiger partial charge is 0.322 e. The minimum Gasteiger partial charge on any atom is -0.322 e. The van der Waals surface area contributed by atoms with E-state index in [-0.39, 0.29) is 11.6 Å². The van der Waals surface area contributed by atoms with E-state index in [1.807, 2.05) is 28.8 Å². The molecule has 3 nitrogen and oxygen atoms in total. The summed E-state index contributed by atoms with van der Waals surface area (Å²) in [6.45, 7) is 2.37. The second-order valence-corrected chi connectivity index (χ2v) is 5.62. The van der Waals surface area contributed by atoms with Crippen LogP contribution in [0, 0.1) is 11.6 Å². The number of nitrogens with zero attached hydrogens (tertiary/aromatic N) is 1. The zero-order valence-electron chi connectivity index (χ0n) is 11.8. The van der Waals surface area contributed by atoms with Crippen molar-refractivity contribution in [1.29, 1.82) is 0 Å². The van der Waals surface area contributed by atoms with Crippen LogP contribution in [0.3, 0.4) is 0 Å². The number of likely N-dealkylation sites (N-methyl/N-ethyl adjacent to an activating group) is 1. The van der Waals surface area contributed by atoms with Gasteiger partial charge >= 0.3 is 0 Å². The normalized spacial score (nSPS) is 12.4. The monoisotopic (exact) mass is 310 g/mol. The van der Waals surface area contributed by atoms with E-state index in [4.69, 9.17) is 0 Å². The average Bonchev–Trinajstić information content (AvgIpc) is 2.93. The summed E-state index contributed by atoms with van der Waals surface area (Å²) in [5.41, 5.74) is 1.10. The van der Waals surface area contributed by atoms with Gasteiger partial charge in [-0.2, -0.15) is 11.3 Å². The van der Waals surface area contributed by atoms with E-state index in [1.54, 1.807) is 18.3 Å². The van der Waals surface area contributed by atoms with Crippen LogP contribution in [-0.4, -0.2) is 23.9 Å². The molecule has 6 heteroatoms. The summed E-state index contributed by atoms with van der Waals surface area (Å²) in [6.07, 6.45) is 0. The fraction of sp³-hybridized carbons (Fsp3) is 0.267. The van der Waals surface area contributed by atoms with E-state index < -0.39 is 17.7 Å². The van der Waals surface area contributed by atoms with Gasteiger partial charge in [-0.3, -0.25) is 9.69 Å². The van der Waals surface area contributed by atoms with E-state index in [2.05, 4.69) is 5.32 Å². The first-order valence-electron chi connectivity index (χ1n) is 6.44. The van der Waals surface area contributed by atoms with Crippen LogP contribution in [0.2, 0.25) is 0 Å². The van der Waals surface area contributed by atoms with Crippen molar-refractivity contribution in [3.8, 4) is 0 Å². The molecule has 0 saturated carbocycles. The number of amides is 1. The fourth-order valence-electron chi connectivity index (χ4n) is 1.84. The van der Waals surface area contributed by atoms with Crippen molar-refractivity contribution < 1.29 is 13.6 Å². The lowest BCUT2D eigenvalue weighted by atomic mass is 10.2. The molecule has 2 rings (SSSR count). The highest BCUT2D eigenvalue weighted by Crippen LogP contribution is 2.16. The number of anilines is 1. The number of halogens is 2. The van der Waals surface area contributed by atoms with E-state index in [0.29, 0.717) is 6.54 Å². The number of carbonyl (C=O) groups excluding carboxylic acids is 1. The van der Waals surface area contributed by atoms with Gasteiger partial charge in [0.15, 0.2) is 0 Å². The van der Waals surface area contributed by atoms with Gasteiger partial charge in [0.1, 0.15) is 11.6 Å². The highest BCUT2D eigenvalue weighted by Gasteiger charge is 2.19. The molecule has 1 aromatic heterocycles. The molecule has 0 saturated heterocycles. The van der Waals surface area contributed by atoms with Crippen LogP contribution < -0.4 is 5.32 Å². The lowest BCUT2D eigenvalue weighted by Gasteiger charge is -2.23. The lowest BCUT2D eigenvalue weighted by Crippen LogP contribution is -2.39. The maximum atomic E-state index is 13.5. The third-order valence-corrected chi connectivity index (χ3v) is 3.97. The van der Waals surface area contributed by atoms with Gasteiger partial charge in [-0.25, -0.2) is 8.78 Å². The molecule has 1 atom stereocenters. The van der Waals surface area contributed by atoms with Gasteiger partial charge in [-0.05, 0) is 48.5 Å². The molecule has 0 fully saturated rings. The van der Waals surface area contributed by atoms with Crippen molar-refractivity contribution in [2.75, 3.05) is 12.4 Å². The van der Waals surface area contributed by atoms with Crippen molar-refractivity contribution in [1.82, 2.24) is 4.90 Å². The molecule has 0 bridgehead atoms. The Hall–Kier alpha value is -1.79. The summed E-state index contributed by atoms with van der Waals surface area (Å²) >= 11 is 1.60.